The van der Waals surface area contributed by atoms with Crippen LogP contribution < -0.4 is 49.5 Å². The second-order valence-electron chi connectivity index (χ2n) is 20.9. The van der Waals surface area contributed by atoms with Gasteiger partial charge in [0.1, 0.15) is 30.2 Å². The molecule has 0 aliphatic rings. The third-order valence-electron chi connectivity index (χ3n) is 15.2. The van der Waals surface area contributed by atoms with E-state index >= 15 is 9.59 Å². The summed E-state index contributed by atoms with van der Waals surface area (Å²) < 4.78 is 0. The molecule has 22 heteroatoms. The van der Waals surface area contributed by atoms with Gasteiger partial charge in [0.25, 0.3) is 5.91 Å². The smallest absolute Gasteiger partial charge is 0.287 e. The number of hydrogen-bond acceptors (Lipinski definition) is 9. The van der Waals surface area contributed by atoms with Gasteiger partial charge in [-0.3, -0.25) is 38.6 Å². The molecule has 0 fully saturated rings. The van der Waals surface area contributed by atoms with Crippen LogP contribution in [0.4, 0.5) is 0 Å². The van der Waals surface area contributed by atoms with Gasteiger partial charge < -0.3 is 74.4 Å². The van der Waals surface area contributed by atoms with Crippen molar-refractivity contribution in [3.05, 3.63) is 180 Å². The highest BCUT2D eigenvalue weighted by Crippen LogP contribution is 2.25. The first kappa shape index (κ1) is 56.8. The molecule has 0 aliphatic heterocycles. The molecule has 5 aromatic heterocycles. The van der Waals surface area contributed by atoms with E-state index in [4.69, 9.17) is 22.9 Å². The molecule has 84 heavy (non-hydrogen) atoms. The van der Waals surface area contributed by atoms with E-state index in [1.807, 2.05) is 121 Å². The number of fused-ring (bicyclic) bond motifs is 5. The lowest BCUT2D eigenvalue weighted by atomic mass is 9.98. The number of para-hydroxylation sites is 5. The number of aliphatic imine (C=N–C) groups is 1. The van der Waals surface area contributed by atoms with Crippen LogP contribution in [0.5, 0.6) is 0 Å². The zero-order valence-corrected chi connectivity index (χ0v) is 45.7. The van der Waals surface area contributed by atoms with Crippen LogP contribution in [0, 0.1) is 0 Å². The van der Waals surface area contributed by atoms with Crippen molar-refractivity contribution < 1.29 is 33.6 Å². The SMILES string of the molecule is NC(=O)C(=O)[C@H](Cc1c[nH]c2ccccc12)NC(=O)[C@H](Cc1c[nH]c2ccccc12)NC(=O)[C@H](Cc1c[nH]c2ccccc12)NC(=O)[C@H](Cc1c[nH]c2ccccc12)NC(=O)[C@H](CCCN=C(N)N)NC(=O)[C@@H](N)Cc1c[nH]c2ccccc12. The van der Waals surface area contributed by atoms with Gasteiger partial charge in [0, 0.05) is 118 Å². The number of nitrogens with zero attached hydrogens (tertiary/aromatic N) is 1. The maximum atomic E-state index is 15.3. The van der Waals surface area contributed by atoms with E-state index in [2.05, 4.69) is 56.5 Å². The summed E-state index contributed by atoms with van der Waals surface area (Å²) in [6.45, 7) is 0.124. The van der Waals surface area contributed by atoms with E-state index < -0.39 is 77.5 Å². The minimum atomic E-state index is -1.44. The van der Waals surface area contributed by atoms with Gasteiger partial charge in [0.05, 0.1) is 6.04 Å². The Morgan fingerprint density at radius 3 is 1.00 bits per heavy atom. The number of Topliss-reactive ketones (excluding diaryl/α,β-unsaturated/α-hetero) is 1. The molecule has 10 rings (SSSR count). The zero-order valence-electron chi connectivity index (χ0n) is 45.7. The van der Waals surface area contributed by atoms with Crippen LogP contribution in [0.15, 0.2) is 157 Å². The number of H-pyrrole nitrogens is 5. The fourth-order valence-corrected chi connectivity index (χ4v) is 10.9. The van der Waals surface area contributed by atoms with Crippen LogP contribution in [-0.2, 0) is 65.7 Å². The molecule has 0 saturated heterocycles. The van der Waals surface area contributed by atoms with Crippen LogP contribution in [0.1, 0.15) is 40.7 Å². The number of hydrogen-bond donors (Lipinski definition) is 14. The molecule has 0 aliphatic carbocycles. The minimum Gasteiger partial charge on any atom is -0.370 e. The number of aromatic amines is 5. The predicted molar refractivity (Wildman–Crippen MR) is 322 cm³/mol. The van der Waals surface area contributed by atoms with Gasteiger partial charge >= 0.3 is 0 Å². The number of primary amides is 1. The Hall–Kier alpha value is -10.5. The summed E-state index contributed by atoms with van der Waals surface area (Å²) in [5, 5.41) is 18.2. The third-order valence-corrected chi connectivity index (χ3v) is 15.2. The molecule has 0 saturated carbocycles. The van der Waals surface area contributed by atoms with Gasteiger partial charge in [-0.15, -0.1) is 0 Å². The van der Waals surface area contributed by atoms with Crippen molar-refractivity contribution in [1.82, 2.24) is 51.5 Å². The van der Waals surface area contributed by atoms with E-state index in [0.717, 1.165) is 60.1 Å². The molecule has 6 amide bonds. The van der Waals surface area contributed by atoms with Crippen molar-refractivity contribution in [3.63, 3.8) is 0 Å². The van der Waals surface area contributed by atoms with Gasteiger partial charge in [0.2, 0.25) is 35.3 Å². The summed E-state index contributed by atoms with van der Waals surface area (Å²) in [7, 11) is 0. The molecule has 6 atom stereocenters. The number of nitrogens with two attached hydrogens (primary N) is 4. The lowest BCUT2D eigenvalue weighted by Crippen LogP contribution is -2.60. The lowest BCUT2D eigenvalue weighted by molar-refractivity contribution is -0.139. The van der Waals surface area contributed by atoms with Crippen LogP contribution in [0.25, 0.3) is 54.5 Å². The summed E-state index contributed by atoms with van der Waals surface area (Å²) in [6.07, 6.45) is 8.63. The normalized spacial score (nSPS) is 13.6. The van der Waals surface area contributed by atoms with Crippen LogP contribution in [-0.4, -0.2) is 115 Å². The number of rotatable bonds is 26. The zero-order chi connectivity index (χ0) is 58.9. The Labute approximate surface area is 480 Å². The quantitative estimate of drug-likeness (QED) is 0.0162. The maximum Gasteiger partial charge on any atom is 0.287 e. The molecule has 0 radical (unpaired) electrons. The number of benzene rings is 5. The fourth-order valence-electron chi connectivity index (χ4n) is 10.9. The first-order valence-electron chi connectivity index (χ1n) is 27.6. The molecule has 5 aromatic carbocycles. The molecule has 22 nitrogen and oxygen atoms in total. The molecule has 0 bridgehead atoms. The average Bonchev–Trinajstić information content (AvgIpc) is 4.35. The number of ketones is 1. The van der Waals surface area contributed by atoms with E-state index in [1.165, 1.54) is 0 Å². The molecule has 0 spiro atoms. The molecule has 430 valence electrons. The van der Waals surface area contributed by atoms with Gasteiger partial charge in [-0.05, 0) is 77.4 Å². The highest BCUT2D eigenvalue weighted by atomic mass is 16.2. The highest BCUT2D eigenvalue weighted by Gasteiger charge is 2.35. The number of carbonyl (C=O) groups excluding carboxylic acids is 7. The standard InChI is InChI=1S/C62H65N15O7/c63-44(24-34-29-68-45-17-6-1-12-39(34)45)57(80)73-50(22-11-23-67-62(65)66)58(81)75-53(27-37-32-71-48-20-9-4-15-42(37)48)60(83)77-54(28-38-33-72-49-21-10-5-16-43(38)49)61(84)76-52(26-36-31-70-47-19-8-3-14-41(36)47)59(82)74-51(55(78)56(64)79)25-35-30-69-46-18-7-2-13-40(35)46/h1-10,12-21,29-33,44,50-54,68-72H,11,22-28,63H2,(H2,64,79)(H,73,80)(H,74,82)(H,75,81)(H,76,84)(H,77,83)(H4,65,66,67)/t44-,50-,51-,52-,53-,54-/m0/s1. The van der Waals surface area contributed by atoms with Gasteiger partial charge in [-0.25, -0.2) is 0 Å². The molecular weight excluding hydrogens is 1070 g/mol. The van der Waals surface area contributed by atoms with E-state index in [-0.39, 0.29) is 57.5 Å². The Bertz CT molecular complexity index is 4090. The number of guanidine groups is 1. The van der Waals surface area contributed by atoms with E-state index in [9.17, 15) is 24.0 Å². The van der Waals surface area contributed by atoms with E-state index in [0.29, 0.717) is 22.3 Å². The summed E-state index contributed by atoms with van der Waals surface area (Å²) >= 11 is 0. The summed E-state index contributed by atoms with van der Waals surface area (Å²) in [4.78, 5) is 121. The first-order valence-corrected chi connectivity index (χ1v) is 27.6. The van der Waals surface area contributed by atoms with Crippen molar-refractivity contribution >= 4 is 102 Å². The van der Waals surface area contributed by atoms with Crippen LogP contribution in [0.3, 0.4) is 0 Å². The van der Waals surface area contributed by atoms with Crippen LogP contribution in [0.2, 0.25) is 0 Å². The topological polar surface area (TPSA) is 375 Å². The molecular formula is C62H65N15O7. The monoisotopic (exact) mass is 1130 g/mol. The van der Waals surface area contributed by atoms with Gasteiger partial charge in [-0.2, -0.15) is 0 Å². The van der Waals surface area contributed by atoms with Crippen LogP contribution >= 0.6 is 0 Å². The summed E-state index contributed by atoms with van der Waals surface area (Å²) in [5.41, 5.74) is 30.7. The van der Waals surface area contributed by atoms with Crippen molar-refractivity contribution in [2.45, 2.75) is 81.2 Å². The highest BCUT2D eigenvalue weighted by molar-refractivity contribution is 6.38. The molecule has 0 unspecified atom stereocenters. The van der Waals surface area contributed by atoms with Crippen molar-refractivity contribution in [2.75, 3.05) is 6.54 Å². The predicted octanol–water partition coefficient (Wildman–Crippen LogP) is 3.47. The van der Waals surface area contributed by atoms with Gasteiger partial charge in [0.15, 0.2) is 5.96 Å². The van der Waals surface area contributed by atoms with E-state index in [1.54, 1.807) is 31.0 Å². The minimum absolute atomic E-state index is 0.0364. The van der Waals surface area contributed by atoms with Crippen molar-refractivity contribution in [3.8, 4) is 0 Å². The van der Waals surface area contributed by atoms with Gasteiger partial charge in [-0.1, -0.05) is 91.0 Å². The number of nitrogens with one attached hydrogen (secondary N) is 10. The number of amides is 6. The lowest BCUT2D eigenvalue weighted by Gasteiger charge is -2.27. The molecule has 5 heterocycles. The molecule has 10 aromatic rings. The summed E-state index contributed by atoms with van der Waals surface area (Å²) in [5.74, 6) is -6.22. The third kappa shape index (κ3) is 13.1. The Morgan fingerprint density at radius 1 is 0.381 bits per heavy atom. The largest absolute Gasteiger partial charge is 0.370 e. The second-order valence-corrected chi connectivity index (χ2v) is 20.9. The van der Waals surface area contributed by atoms with Crippen molar-refractivity contribution in [2.24, 2.45) is 27.9 Å². The Morgan fingerprint density at radius 2 is 0.667 bits per heavy atom. The second kappa shape index (κ2) is 25.5. The maximum absolute atomic E-state index is 15.3. The average molecular weight is 1130 g/mol. The number of carbonyl (C=O) groups is 7. The Kier molecular flexibility index (Phi) is 17.3. The number of aromatic nitrogens is 5. The summed E-state index contributed by atoms with van der Waals surface area (Å²) in [6, 6.07) is 29.2. The van der Waals surface area contributed by atoms with Crippen molar-refractivity contribution in [1.29, 1.82) is 0 Å². The Balaban J connectivity index is 0.964. The fraction of sp³-hybridized carbons (Fsp3) is 0.226. The molecule has 18 N–H and O–H groups in total. The first-order chi connectivity index (χ1) is 40.7.